The molecule has 1 aromatic rings. The molecule has 1 saturated heterocycles. The van der Waals surface area contributed by atoms with Crippen LogP contribution in [0, 0.1) is 6.92 Å². The summed E-state index contributed by atoms with van der Waals surface area (Å²) in [5.74, 6) is -0.0265. The Balaban J connectivity index is 1.56. The van der Waals surface area contributed by atoms with Crippen LogP contribution in [-0.2, 0) is 0 Å². The van der Waals surface area contributed by atoms with E-state index >= 15 is 0 Å². The number of nitrogens with zero attached hydrogens (tertiary/aromatic N) is 2. The monoisotopic (exact) mass is 315 g/mol. The summed E-state index contributed by atoms with van der Waals surface area (Å²) in [7, 11) is 0. The minimum Gasteiger partial charge on any atom is -0.347 e. The molecular formula is C19H29N3O. The molecule has 0 radical (unpaired) electrons. The SMILES string of the molecule is Cc1cccc(C(=O)N[C@@H]2CCCN(C3CCCCCC3)C2)n1. The number of piperidine rings is 1. The lowest BCUT2D eigenvalue weighted by molar-refractivity contribution is 0.0856. The van der Waals surface area contributed by atoms with Gasteiger partial charge >= 0.3 is 0 Å². The molecule has 23 heavy (non-hydrogen) atoms. The molecule has 2 fully saturated rings. The van der Waals surface area contributed by atoms with Crippen LogP contribution in [-0.4, -0.2) is 41.0 Å². The topological polar surface area (TPSA) is 45.2 Å². The zero-order valence-corrected chi connectivity index (χ0v) is 14.3. The largest absolute Gasteiger partial charge is 0.347 e. The number of rotatable bonds is 3. The van der Waals surface area contributed by atoms with Gasteiger partial charge in [-0.2, -0.15) is 0 Å². The first-order valence-electron chi connectivity index (χ1n) is 9.21. The Morgan fingerprint density at radius 1 is 1.13 bits per heavy atom. The van der Waals surface area contributed by atoms with Crippen LogP contribution in [0.3, 0.4) is 0 Å². The Morgan fingerprint density at radius 2 is 1.91 bits per heavy atom. The van der Waals surface area contributed by atoms with Crippen molar-refractivity contribution in [2.24, 2.45) is 0 Å². The molecule has 0 bridgehead atoms. The zero-order valence-electron chi connectivity index (χ0n) is 14.3. The highest BCUT2D eigenvalue weighted by molar-refractivity contribution is 5.92. The molecule has 126 valence electrons. The predicted molar refractivity (Wildman–Crippen MR) is 92.5 cm³/mol. The summed E-state index contributed by atoms with van der Waals surface area (Å²) < 4.78 is 0. The lowest BCUT2D eigenvalue weighted by Crippen LogP contribution is -2.51. The van der Waals surface area contributed by atoms with E-state index in [4.69, 9.17) is 0 Å². The Morgan fingerprint density at radius 3 is 2.65 bits per heavy atom. The quantitative estimate of drug-likeness (QED) is 0.871. The Bertz CT molecular complexity index is 523. The average molecular weight is 315 g/mol. The van der Waals surface area contributed by atoms with Gasteiger partial charge in [0.15, 0.2) is 0 Å². The number of pyridine rings is 1. The fourth-order valence-electron chi connectivity index (χ4n) is 4.01. The maximum Gasteiger partial charge on any atom is 0.270 e. The van der Waals surface area contributed by atoms with E-state index in [2.05, 4.69) is 15.2 Å². The van der Waals surface area contributed by atoms with Crippen molar-refractivity contribution in [2.45, 2.75) is 70.4 Å². The van der Waals surface area contributed by atoms with E-state index in [-0.39, 0.29) is 11.9 Å². The number of aryl methyl sites for hydroxylation is 1. The second-order valence-corrected chi connectivity index (χ2v) is 7.12. The van der Waals surface area contributed by atoms with E-state index in [0.29, 0.717) is 5.69 Å². The number of aromatic nitrogens is 1. The molecule has 1 amide bonds. The van der Waals surface area contributed by atoms with Crippen LogP contribution in [0.4, 0.5) is 0 Å². The molecule has 4 nitrogen and oxygen atoms in total. The maximum absolute atomic E-state index is 12.4. The molecule has 2 heterocycles. The van der Waals surface area contributed by atoms with Gasteiger partial charge in [0, 0.05) is 24.3 Å². The van der Waals surface area contributed by atoms with Gasteiger partial charge < -0.3 is 5.32 Å². The van der Waals surface area contributed by atoms with Crippen molar-refractivity contribution in [3.63, 3.8) is 0 Å². The molecule has 0 spiro atoms. The van der Waals surface area contributed by atoms with Crippen molar-refractivity contribution in [2.75, 3.05) is 13.1 Å². The number of carbonyl (C=O) groups excluding carboxylic acids is 1. The highest BCUT2D eigenvalue weighted by atomic mass is 16.1. The fraction of sp³-hybridized carbons (Fsp3) is 0.684. The normalized spacial score (nSPS) is 24.1. The molecule has 2 aliphatic rings. The lowest BCUT2D eigenvalue weighted by Gasteiger charge is -2.38. The van der Waals surface area contributed by atoms with Crippen molar-refractivity contribution in [1.82, 2.24) is 15.2 Å². The minimum absolute atomic E-state index is 0.0265. The first-order valence-corrected chi connectivity index (χ1v) is 9.21. The average Bonchev–Trinajstić information content (AvgIpc) is 2.84. The summed E-state index contributed by atoms with van der Waals surface area (Å²) in [6, 6.07) is 6.62. The molecule has 0 unspecified atom stereocenters. The molecular weight excluding hydrogens is 286 g/mol. The van der Waals surface area contributed by atoms with Crippen LogP contribution in [0.2, 0.25) is 0 Å². The van der Waals surface area contributed by atoms with E-state index in [0.717, 1.165) is 24.7 Å². The molecule has 3 rings (SSSR count). The van der Waals surface area contributed by atoms with Gasteiger partial charge in [-0.25, -0.2) is 4.98 Å². The van der Waals surface area contributed by atoms with E-state index < -0.39 is 0 Å². The number of hydrogen-bond donors (Lipinski definition) is 1. The van der Waals surface area contributed by atoms with Gasteiger partial charge in [-0.1, -0.05) is 31.7 Å². The molecule has 1 atom stereocenters. The van der Waals surface area contributed by atoms with E-state index in [1.165, 1.54) is 51.5 Å². The second-order valence-electron chi connectivity index (χ2n) is 7.12. The van der Waals surface area contributed by atoms with Gasteiger partial charge in [-0.05, 0) is 51.3 Å². The Hall–Kier alpha value is -1.42. The van der Waals surface area contributed by atoms with Gasteiger partial charge in [0.2, 0.25) is 0 Å². The highest BCUT2D eigenvalue weighted by Crippen LogP contribution is 2.24. The Kier molecular flexibility index (Phi) is 5.65. The predicted octanol–water partition coefficient (Wildman–Crippen LogP) is 3.31. The Labute approximate surface area is 139 Å². The van der Waals surface area contributed by atoms with Crippen LogP contribution < -0.4 is 5.32 Å². The first-order chi connectivity index (χ1) is 11.2. The first kappa shape index (κ1) is 16.4. The van der Waals surface area contributed by atoms with Crippen LogP contribution in [0.5, 0.6) is 0 Å². The van der Waals surface area contributed by atoms with E-state index in [9.17, 15) is 4.79 Å². The van der Waals surface area contributed by atoms with Gasteiger partial charge in [0.1, 0.15) is 5.69 Å². The number of carbonyl (C=O) groups is 1. The number of likely N-dealkylation sites (tertiary alicyclic amines) is 1. The minimum atomic E-state index is -0.0265. The van der Waals surface area contributed by atoms with E-state index in [1.807, 2.05) is 19.1 Å². The number of nitrogens with one attached hydrogen (secondary N) is 1. The van der Waals surface area contributed by atoms with Crippen molar-refractivity contribution in [3.8, 4) is 0 Å². The third kappa shape index (κ3) is 4.54. The van der Waals surface area contributed by atoms with Crippen LogP contribution in [0.1, 0.15) is 67.5 Å². The molecule has 1 saturated carbocycles. The van der Waals surface area contributed by atoms with Gasteiger partial charge in [-0.3, -0.25) is 9.69 Å². The van der Waals surface area contributed by atoms with Gasteiger partial charge in [0.25, 0.3) is 5.91 Å². The summed E-state index contributed by atoms with van der Waals surface area (Å²) in [5.41, 5.74) is 1.43. The van der Waals surface area contributed by atoms with Gasteiger partial charge in [0.05, 0.1) is 0 Å². The summed E-state index contributed by atoms with van der Waals surface area (Å²) in [5, 5.41) is 3.20. The number of hydrogen-bond acceptors (Lipinski definition) is 3. The van der Waals surface area contributed by atoms with Gasteiger partial charge in [-0.15, -0.1) is 0 Å². The maximum atomic E-state index is 12.4. The summed E-state index contributed by atoms with van der Waals surface area (Å²) in [6.45, 7) is 4.12. The standard InChI is InChI=1S/C19H29N3O/c1-15-8-6-12-18(20-15)19(23)21-16-9-7-13-22(14-16)17-10-4-2-3-5-11-17/h6,8,12,16-17H,2-5,7,9-11,13-14H2,1H3,(H,21,23)/t16-/m1/s1. The lowest BCUT2D eigenvalue weighted by atomic mass is 10.00. The molecule has 1 aliphatic carbocycles. The van der Waals surface area contributed by atoms with Crippen molar-refractivity contribution in [1.29, 1.82) is 0 Å². The van der Waals surface area contributed by atoms with E-state index in [1.54, 1.807) is 6.07 Å². The van der Waals surface area contributed by atoms with Crippen LogP contribution in [0.15, 0.2) is 18.2 Å². The summed E-state index contributed by atoms with van der Waals surface area (Å²) in [4.78, 5) is 19.4. The summed E-state index contributed by atoms with van der Waals surface area (Å²) in [6.07, 6.45) is 10.5. The van der Waals surface area contributed by atoms with Crippen LogP contribution >= 0.6 is 0 Å². The second kappa shape index (κ2) is 7.91. The molecule has 4 heteroatoms. The van der Waals surface area contributed by atoms with Crippen LogP contribution in [0.25, 0.3) is 0 Å². The van der Waals surface area contributed by atoms with Crippen molar-refractivity contribution >= 4 is 5.91 Å². The molecule has 1 aromatic heterocycles. The van der Waals surface area contributed by atoms with Crippen molar-refractivity contribution < 1.29 is 4.79 Å². The zero-order chi connectivity index (χ0) is 16.1. The molecule has 1 aliphatic heterocycles. The highest BCUT2D eigenvalue weighted by Gasteiger charge is 2.27. The molecule has 1 N–H and O–H groups in total. The number of amides is 1. The molecule has 0 aromatic carbocycles. The van der Waals surface area contributed by atoms with Crippen molar-refractivity contribution in [3.05, 3.63) is 29.6 Å². The third-order valence-electron chi connectivity index (χ3n) is 5.25. The fourth-order valence-corrected chi connectivity index (χ4v) is 4.01. The smallest absolute Gasteiger partial charge is 0.270 e. The summed E-state index contributed by atoms with van der Waals surface area (Å²) >= 11 is 0. The third-order valence-corrected chi connectivity index (χ3v) is 5.25.